The van der Waals surface area contributed by atoms with Crippen LogP contribution in [0.15, 0.2) is 29.4 Å². The summed E-state index contributed by atoms with van der Waals surface area (Å²) in [7, 11) is 0. The Morgan fingerprint density at radius 1 is 1.50 bits per heavy atom. The summed E-state index contributed by atoms with van der Waals surface area (Å²) in [6.07, 6.45) is 2.55. The van der Waals surface area contributed by atoms with Crippen molar-refractivity contribution in [2.24, 2.45) is 10.9 Å². The molecular weight excluding hydrogens is 208 g/mol. The summed E-state index contributed by atoms with van der Waals surface area (Å²) in [4.78, 5) is 10.3. The van der Waals surface area contributed by atoms with E-state index in [2.05, 4.69) is 5.16 Å². The SMILES string of the molecule is Cc1cc(/C(N)=N/O)ccc1/C=C/C(=O)O. The highest BCUT2D eigenvalue weighted by molar-refractivity contribution is 5.97. The van der Waals surface area contributed by atoms with E-state index in [0.717, 1.165) is 17.2 Å². The number of hydrogen-bond acceptors (Lipinski definition) is 3. The minimum Gasteiger partial charge on any atom is -0.478 e. The molecule has 0 saturated heterocycles. The summed E-state index contributed by atoms with van der Waals surface area (Å²) in [5, 5.41) is 19.9. The number of nitrogens with two attached hydrogens (primary N) is 1. The van der Waals surface area contributed by atoms with Gasteiger partial charge in [-0.05, 0) is 30.2 Å². The molecule has 5 nitrogen and oxygen atoms in total. The Hall–Kier alpha value is -2.30. The lowest BCUT2D eigenvalue weighted by molar-refractivity contribution is -0.131. The van der Waals surface area contributed by atoms with Crippen molar-refractivity contribution in [1.82, 2.24) is 0 Å². The maximum Gasteiger partial charge on any atom is 0.328 e. The molecule has 0 fully saturated rings. The fourth-order valence-corrected chi connectivity index (χ4v) is 1.24. The van der Waals surface area contributed by atoms with Crippen molar-refractivity contribution in [2.45, 2.75) is 6.92 Å². The van der Waals surface area contributed by atoms with Crippen molar-refractivity contribution < 1.29 is 15.1 Å². The number of nitrogens with zero attached hydrogens (tertiary/aromatic N) is 1. The van der Waals surface area contributed by atoms with Crippen molar-refractivity contribution in [3.63, 3.8) is 0 Å². The third-order valence-corrected chi connectivity index (χ3v) is 2.08. The molecule has 1 rings (SSSR count). The monoisotopic (exact) mass is 220 g/mol. The predicted molar refractivity (Wildman–Crippen MR) is 60.4 cm³/mol. The Labute approximate surface area is 92.5 Å². The second kappa shape index (κ2) is 4.97. The topological polar surface area (TPSA) is 95.9 Å². The van der Waals surface area contributed by atoms with Gasteiger partial charge in [0.05, 0.1) is 0 Å². The number of aliphatic carboxylic acids is 1. The van der Waals surface area contributed by atoms with Crippen molar-refractivity contribution in [1.29, 1.82) is 0 Å². The molecule has 0 amide bonds. The normalized spacial score (nSPS) is 11.9. The number of oxime groups is 1. The van der Waals surface area contributed by atoms with Crippen LogP contribution in [-0.4, -0.2) is 22.1 Å². The summed E-state index contributed by atoms with van der Waals surface area (Å²) in [6.45, 7) is 1.82. The molecule has 0 bridgehead atoms. The minimum absolute atomic E-state index is 0.0249. The molecule has 16 heavy (non-hydrogen) atoms. The molecule has 0 heterocycles. The first-order chi connectivity index (χ1) is 7.54. The van der Waals surface area contributed by atoms with Crippen LogP contribution in [0.25, 0.3) is 6.08 Å². The molecule has 5 heteroatoms. The number of hydrogen-bond donors (Lipinski definition) is 3. The highest BCUT2D eigenvalue weighted by atomic mass is 16.4. The molecule has 84 valence electrons. The van der Waals surface area contributed by atoms with Gasteiger partial charge < -0.3 is 16.0 Å². The Morgan fingerprint density at radius 2 is 2.19 bits per heavy atom. The summed E-state index contributed by atoms with van der Waals surface area (Å²) in [6, 6.07) is 5.09. The third-order valence-electron chi connectivity index (χ3n) is 2.08. The van der Waals surface area contributed by atoms with Gasteiger partial charge in [0.25, 0.3) is 0 Å². The molecule has 4 N–H and O–H groups in total. The number of carboxylic acids is 1. The van der Waals surface area contributed by atoms with Gasteiger partial charge in [-0.3, -0.25) is 0 Å². The van der Waals surface area contributed by atoms with E-state index in [-0.39, 0.29) is 5.84 Å². The molecule has 0 aliphatic carbocycles. The first-order valence-corrected chi connectivity index (χ1v) is 4.54. The van der Waals surface area contributed by atoms with E-state index in [1.165, 1.54) is 6.08 Å². The molecule has 1 aromatic rings. The summed E-state index contributed by atoms with van der Waals surface area (Å²) < 4.78 is 0. The van der Waals surface area contributed by atoms with Gasteiger partial charge in [-0.1, -0.05) is 17.3 Å². The van der Waals surface area contributed by atoms with Crippen molar-refractivity contribution in [3.8, 4) is 0 Å². The van der Waals surface area contributed by atoms with Crippen LogP contribution >= 0.6 is 0 Å². The molecule has 0 aliphatic rings. The Balaban J connectivity index is 3.05. The molecule has 0 aromatic heterocycles. The van der Waals surface area contributed by atoms with Crippen LogP contribution in [-0.2, 0) is 4.79 Å². The van der Waals surface area contributed by atoms with Gasteiger partial charge in [-0.15, -0.1) is 0 Å². The van der Waals surface area contributed by atoms with Gasteiger partial charge in [0, 0.05) is 11.6 Å². The maximum absolute atomic E-state index is 10.3. The van der Waals surface area contributed by atoms with Crippen molar-refractivity contribution in [3.05, 3.63) is 41.0 Å². The summed E-state index contributed by atoms with van der Waals surface area (Å²) in [5.74, 6) is -0.975. The molecule has 0 atom stereocenters. The number of benzene rings is 1. The van der Waals surface area contributed by atoms with Crippen LogP contribution in [0.2, 0.25) is 0 Å². The number of carbonyl (C=O) groups is 1. The van der Waals surface area contributed by atoms with Gasteiger partial charge in [0.2, 0.25) is 0 Å². The average Bonchev–Trinajstić information content (AvgIpc) is 2.26. The Morgan fingerprint density at radius 3 is 2.69 bits per heavy atom. The molecule has 0 radical (unpaired) electrons. The Bertz CT molecular complexity index is 464. The lowest BCUT2D eigenvalue weighted by Crippen LogP contribution is -2.13. The van der Waals surface area contributed by atoms with E-state index in [0.29, 0.717) is 5.56 Å². The van der Waals surface area contributed by atoms with Gasteiger partial charge >= 0.3 is 5.97 Å². The van der Waals surface area contributed by atoms with Crippen LogP contribution in [0.3, 0.4) is 0 Å². The number of amidine groups is 1. The van der Waals surface area contributed by atoms with E-state index in [9.17, 15) is 4.79 Å². The fraction of sp³-hybridized carbons (Fsp3) is 0.0909. The van der Waals surface area contributed by atoms with Gasteiger partial charge in [-0.25, -0.2) is 4.79 Å². The van der Waals surface area contributed by atoms with Crippen LogP contribution in [0.1, 0.15) is 16.7 Å². The highest BCUT2D eigenvalue weighted by Gasteiger charge is 2.01. The molecular formula is C11H12N2O3. The largest absolute Gasteiger partial charge is 0.478 e. The molecule has 0 unspecified atom stereocenters. The third kappa shape index (κ3) is 2.84. The van der Waals surface area contributed by atoms with Crippen molar-refractivity contribution in [2.75, 3.05) is 0 Å². The van der Waals surface area contributed by atoms with Gasteiger partial charge in [0.15, 0.2) is 5.84 Å². The number of rotatable bonds is 3. The first kappa shape index (κ1) is 11.8. The average molecular weight is 220 g/mol. The maximum atomic E-state index is 10.3. The molecule has 0 spiro atoms. The number of aryl methyl sites for hydroxylation is 1. The molecule has 0 aliphatic heterocycles. The second-order valence-electron chi connectivity index (χ2n) is 3.23. The van der Waals surface area contributed by atoms with Crippen molar-refractivity contribution >= 4 is 17.9 Å². The van der Waals surface area contributed by atoms with Crippen LogP contribution in [0.4, 0.5) is 0 Å². The molecule has 1 aromatic carbocycles. The first-order valence-electron chi connectivity index (χ1n) is 4.54. The van der Waals surface area contributed by atoms with Crippen LogP contribution < -0.4 is 5.73 Å². The second-order valence-corrected chi connectivity index (χ2v) is 3.23. The van der Waals surface area contributed by atoms with E-state index in [1.54, 1.807) is 18.2 Å². The molecule has 0 saturated carbocycles. The number of carboxylic acid groups (broad SMARTS) is 1. The van der Waals surface area contributed by atoms with E-state index in [1.807, 2.05) is 6.92 Å². The van der Waals surface area contributed by atoms with Crippen LogP contribution in [0, 0.1) is 6.92 Å². The zero-order chi connectivity index (χ0) is 12.1. The van der Waals surface area contributed by atoms with E-state index in [4.69, 9.17) is 16.0 Å². The summed E-state index contributed by atoms with van der Waals surface area (Å²) in [5.41, 5.74) is 7.64. The van der Waals surface area contributed by atoms with E-state index < -0.39 is 5.97 Å². The quantitative estimate of drug-likeness (QED) is 0.234. The van der Waals surface area contributed by atoms with Gasteiger partial charge in [-0.2, -0.15) is 0 Å². The fourth-order valence-electron chi connectivity index (χ4n) is 1.24. The minimum atomic E-state index is -1.00. The standard InChI is InChI=1S/C11H12N2O3/c1-7-6-9(11(12)13-16)3-2-8(7)4-5-10(14)15/h2-6,16H,1H3,(H2,12,13)(H,14,15)/b5-4+. The van der Waals surface area contributed by atoms with Gasteiger partial charge in [0.1, 0.15) is 0 Å². The lowest BCUT2D eigenvalue weighted by Gasteiger charge is -2.03. The lowest BCUT2D eigenvalue weighted by atomic mass is 10.0. The Kier molecular flexibility index (Phi) is 3.66. The zero-order valence-corrected chi connectivity index (χ0v) is 8.71. The smallest absolute Gasteiger partial charge is 0.328 e. The summed E-state index contributed by atoms with van der Waals surface area (Å²) >= 11 is 0. The predicted octanol–water partition coefficient (Wildman–Crippen LogP) is 1.19. The van der Waals surface area contributed by atoms with Crippen LogP contribution in [0.5, 0.6) is 0 Å². The van der Waals surface area contributed by atoms with E-state index >= 15 is 0 Å². The highest BCUT2D eigenvalue weighted by Crippen LogP contribution is 2.12. The zero-order valence-electron chi connectivity index (χ0n) is 8.71.